The average Bonchev–Trinajstić information content (AvgIpc) is 2.31. The highest BCUT2D eigenvalue weighted by Gasteiger charge is 2.03. The van der Waals surface area contributed by atoms with E-state index >= 15 is 0 Å². The number of hydrogen-bond acceptors (Lipinski definition) is 2. The number of imidazole rings is 1. The van der Waals surface area contributed by atoms with E-state index in [0.29, 0.717) is 0 Å². The third kappa shape index (κ3) is 1.09. The fraction of sp³-hybridized carbons (Fsp3) is 0. The zero-order valence-electron chi connectivity index (χ0n) is 5.33. The molecule has 0 unspecified atom stereocenters. The number of halogens is 2. The van der Waals surface area contributed by atoms with E-state index < -0.39 is 5.95 Å². The molecule has 0 saturated heterocycles. The minimum atomic E-state index is -0.532. The number of hydrogen-bond donors (Lipinski definition) is 0. The average molecular weight is 263 g/mol. The van der Waals surface area contributed by atoms with Gasteiger partial charge in [0.15, 0.2) is 5.65 Å². The van der Waals surface area contributed by atoms with Gasteiger partial charge < -0.3 is 4.40 Å². The Labute approximate surface area is 75.4 Å². The lowest BCUT2D eigenvalue weighted by molar-refractivity contribution is 0.585. The van der Waals surface area contributed by atoms with Gasteiger partial charge in [0.05, 0.1) is 0 Å². The summed E-state index contributed by atoms with van der Waals surface area (Å²) in [5.74, 6) is -0.532. The molecule has 3 nitrogen and oxygen atoms in total. The molecular formula is C6H3FIN3. The van der Waals surface area contributed by atoms with Gasteiger partial charge in [-0.3, -0.25) is 0 Å². The number of aromatic nitrogens is 3. The molecule has 0 atom stereocenters. The van der Waals surface area contributed by atoms with Crippen LogP contribution in [-0.2, 0) is 0 Å². The van der Waals surface area contributed by atoms with Gasteiger partial charge in [-0.05, 0) is 22.6 Å². The number of rotatable bonds is 0. The molecular weight excluding hydrogens is 260 g/mol. The molecule has 2 aromatic heterocycles. The van der Waals surface area contributed by atoms with Crippen LogP contribution in [0.4, 0.5) is 4.39 Å². The van der Waals surface area contributed by atoms with Crippen LogP contribution in [0.2, 0.25) is 0 Å². The van der Waals surface area contributed by atoms with Crippen LogP contribution < -0.4 is 0 Å². The Morgan fingerprint density at radius 2 is 2.36 bits per heavy atom. The second-order valence-corrected chi connectivity index (χ2v) is 3.12. The van der Waals surface area contributed by atoms with E-state index in [-0.39, 0.29) is 5.65 Å². The van der Waals surface area contributed by atoms with Gasteiger partial charge in [0.25, 0.3) is 5.95 Å². The predicted octanol–water partition coefficient (Wildman–Crippen LogP) is 1.47. The first kappa shape index (κ1) is 6.96. The quantitative estimate of drug-likeness (QED) is 0.674. The summed E-state index contributed by atoms with van der Waals surface area (Å²) in [6.07, 6.45) is 4.80. The van der Waals surface area contributed by atoms with E-state index in [4.69, 9.17) is 0 Å². The number of fused-ring (bicyclic) bond motifs is 1. The van der Waals surface area contributed by atoms with Crippen molar-refractivity contribution < 1.29 is 4.39 Å². The van der Waals surface area contributed by atoms with Gasteiger partial charge >= 0.3 is 0 Å². The molecule has 0 bridgehead atoms. The number of nitrogens with zero attached hydrogens (tertiary/aromatic N) is 3. The van der Waals surface area contributed by atoms with Crippen LogP contribution in [-0.4, -0.2) is 14.4 Å². The van der Waals surface area contributed by atoms with E-state index in [2.05, 4.69) is 9.97 Å². The van der Waals surface area contributed by atoms with Crippen molar-refractivity contribution >= 4 is 28.2 Å². The monoisotopic (exact) mass is 263 g/mol. The Balaban J connectivity index is 2.90. The Hall–Kier alpha value is -0.720. The summed E-state index contributed by atoms with van der Waals surface area (Å²) >= 11 is 2.02. The van der Waals surface area contributed by atoms with E-state index in [0.717, 1.165) is 3.70 Å². The molecule has 0 aliphatic heterocycles. The zero-order valence-corrected chi connectivity index (χ0v) is 7.49. The smallest absolute Gasteiger partial charge is 0.256 e. The lowest BCUT2D eigenvalue weighted by atomic mass is 10.7. The van der Waals surface area contributed by atoms with Gasteiger partial charge in [0, 0.05) is 18.6 Å². The van der Waals surface area contributed by atoms with Crippen molar-refractivity contribution in [1.82, 2.24) is 14.4 Å². The molecule has 11 heavy (non-hydrogen) atoms. The highest BCUT2D eigenvalue weighted by Crippen LogP contribution is 2.08. The van der Waals surface area contributed by atoms with Crippen molar-refractivity contribution in [1.29, 1.82) is 0 Å². The largest absolute Gasteiger partial charge is 0.301 e. The molecule has 2 rings (SSSR count). The fourth-order valence-electron chi connectivity index (χ4n) is 0.858. The molecule has 0 aliphatic carbocycles. The fourth-order valence-corrected chi connectivity index (χ4v) is 1.39. The van der Waals surface area contributed by atoms with Gasteiger partial charge in [-0.1, -0.05) is 0 Å². The molecule has 56 valence electrons. The van der Waals surface area contributed by atoms with Crippen LogP contribution in [0, 0.1) is 9.65 Å². The minimum Gasteiger partial charge on any atom is -0.301 e. The maximum absolute atomic E-state index is 12.8. The molecule has 0 aromatic carbocycles. The summed E-state index contributed by atoms with van der Waals surface area (Å²) in [4.78, 5) is 7.39. The van der Waals surface area contributed by atoms with Crippen molar-refractivity contribution in [3.8, 4) is 0 Å². The van der Waals surface area contributed by atoms with Crippen molar-refractivity contribution in [2.75, 3.05) is 0 Å². The van der Waals surface area contributed by atoms with E-state index in [1.165, 1.54) is 6.20 Å². The van der Waals surface area contributed by atoms with Crippen LogP contribution in [0.15, 0.2) is 18.6 Å². The summed E-state index contributed by atoms with van der Waals surface area (Å²) in [6, 6.07) is 0. The molecule has 0 fully saturated rings. The second kappa shape index (κ2) is 2.40. The molecule has 5 heteroatoms. The first-order valence-corrected chi connectivity index (χ1v) is 4.00. The van der Waals surface area contributed by atoms with Crippen molar-refractivity contribution in [3.05, 3.63) is 28.2 Å². The molecule has 0 saturated carbocycles. The summed E-state index contributed by atoms with van der Waals surface area (Å²) in [5.41, 5.74) is 0.275. The predicted molar refractivity (Wildman–Crippen MR) is 45.7 cm³/mol. The summed E-state index contributed by atoms with van der Waals surface area (Å²) < 4.78 is 15.2. The Bertz CT molecular complexity index is 398. The normalized spacial score (nSPS) is 10.7. The highest BCUT2D eigenvalue weighted by atomic mass is 127. The van der Waals surface area contributed by atoms with Gasteiger partial charge in [0.1, 0.15) is 3.70 Å². The second-order valence-electron chi connectivity index (χ2n) is 2.01. The summed E-state index contributed by atoms with van der Waals surface area (Å²) in [6.45, 7) is 0. The Morgan fingerprint density at radius 3 is 3.09 bits per heavy atom. The van der Waals surface area contributed by atoms with Crippen molar-refractivity contribution in [2.45, 2.75) is 0 Å². The third-order valence-electron chi connectivity index (χ3n) is 1.30. The van der Waals surface area contributed by atoms with Crippen LogP contribution in [0.5, 0.6) is 0 Å². The van der Waals surface area contributed by atoms with Crippen LogP contribution >= 0.6 is 22.6 Å². The maximum Gasteiger partial charge on any atom is 0.256 e. The zero-order chi connectivity index (χ0) is 7.84. The molecule has 0 N–H and O–H groups in total. The van der Waals surface area contributed by atoms with Crippen molar-refractivity contribution in [3.63, 3.8) is 0 Å². The lowest BCUT2D eigenvalue weighted by Gasteiger charge is -1.89. The topological polar surface area (TPSA) is 30.2 Å². The Kier molecular flexibility index (Phi) is 1.52. The molecule has 0 radical (unpaired) electrons. The molecule has 0 amide bonds. The first-order valence-electron chi connectivity index (χ1n) is 2.92. The minimum absolute atomic E-state index is 0.275. The summed E-state index contributed by atoms with van der Waals surface area (Å²) in [7, 11) is 0. The van der Waals surface area contributed by atoms with E-state index in [1.54, 1.807) is 16.8 Å². The van der Waals surface area contributed by atoms with E-state index in [9.17, 15) is 4.39 Å². The Morgan fingerprint density at radius 1 is 1.55 bits per heavy atom. The van der Waals surface area contributed by atoms with Gasteiger partial charge in [-0.25, -0.2) is 9.97 Å². The van der Waals surface area contributed by atoms with Gasteiger partial charge in [0.2, 0.25) is 0 Å². The van der Waals surface area contributed by atoms with Gasteiger partial charge in [-0.2, -0.15) is 4.39 Å². The van der Waals surface area contributed by atoms with Gasteiger partial charge in [-0.15, -0.1) is 0 Å². The molecule has 0 spiro atoms. The first-order chi connectivity index (χ1) is 5.27. The summed E-state index contributed by atoms with van der Waals surface area (Å²) in [5, 5.41) is 0. The highest BCUT2D eigenvalue weighted by molar-refractivity contribution is 14.1. The molecule has 2 heterocycles. The van der Waals surface area contributed by atoms with Crippen LogP contribution in [0.3, 0.4) is 0 Å². The molecule has 2 aromatic rings. The van der Waals surface area contributed by atoms with Crippen molar-refractivity contribution in [2.24, 2.45) is 0 Å². The standard InChI is InChI=1S/C6H3FIN3/c7-5-6-10-4(8)3-11(6)2-1-9-5/h1-3H. The van der Waals surface area contributed by atoms with Crippen LogP contribution in [0.1, 0.15) is 0 Å². The lowest BCUT2D eigenvalue weighted by Crippen LogP contribution is -1.89. The third-order valence-corrected chi connectivity index (χ3v) is 1.82. The SMILES string of the molecule is Fc1nccn2cc(I)nc12. The van der Waals surface area contributed by atoms with E-state index in [1.807, 2.05) is 22.6 Å². The maximum atomic E-state index is 12.8. The van der Waals surface area contributed by atoms with Crippen LogP contribution in [0.25, 0.3) is 5.65 Å². The molecule has 0 aliphatic rings.